The fourth-order valence-corrected chi connectivity index (χ4v) is 1.04. The number of fused-ring (bicyclic) bond motifs is 1. The van der Waals surface area contributed by atoms with E-state index in [1.165, 1.54) is 0 Å². The first kappa shape index (κ1) is 6.55. The Balaban J connectivity index is 2.83. The van der Waals surface area contributed by atoms with Crippen molar-refractivity contribution in [2.45, 2.75) is 0 Å². The van der Waals surface area contributed by atoms with Crippen LogP contribution in [0.15, 0.2) is 24.4 Å². The summed E-state index contributed by atoms with van der Waals surface area (Å²) in [6.45, 7) is 0. The van der Waals surface area contributed by atoms with Crippen LogP contribution in [-0.2, 0) is 0 Å². The minimum atomic E-state index is 0.485. The number of hydrogen-bond acceptors (Lipinski definition) is 2. The average Bonchev–Trinajstić information content (AvgIpc) is 2.04. The van der Waals surface area contributed by atoms with E-state index >= 15 is 0 Å². The van der Waals surface area contributed by atoms with Gasteiger partial charge in [-0.15, -0.1) is 0 Å². The van der Waals surface area contributed by atoms with Crippen molar-refractivity contribution < 1.29 is 0 Å². The Morgan fingerprint density at radius 2 is 2.18 bits per heavy atom. The quantitative estimate of drug-likeness (QED) is 0.556. The lowest BCUT2D eigenvalue weighted by molar-refractivity contribution is 1.33. The molecule has 2 rings (SSSR count). The molecule has 0 bridgehead atoms. The van der Waals surface area contributed by atoms with Crippen LogP contribution in [0.4, 0.5) is 0 Å². The number of aromatic nitrogens is 2. The molecule has 2 aromatic rings. The summed E-state index contributed by atoms with van der Waals surface area (Å²) in [6.07, 6.45) is 1.61. The summed E-state index contributed by atoms with van der Waals surface area (Å²) in [7, 11) is 0. The summed E-state index contributed by atoms with van der Waals surface area (Å²) in [6, 6.07) is 8.14. The van der Waals surface area contributed by atoms with Gasteiger partial charge in [-0.05, 0) is 18.2 Å². The number of halogens is 1. The highest BCUT2D eigenvalue weighted by molar-refractivity contribution is 6.29. The molecule has 3 heteroatoms. The topological polar surface area (TPSA) is 25.8 Å². The van der Waals surface area contributed by atoms with E-state index in [2.05, 4.69) is 16.0 Å². The lowest BCUT2D eigenvalue weighted by Gasteiger charge is -1.93. The van der Waals surface area contributed by atoms with Crippen molar-refractivity contribution in [3.8, 4) is 0 Å². The normalized spacial score (nSPS) is 10.3. The minimum absolute atomic E-state index is 0.485. The molecule has 1 radical (unpaired) electrons. The van der Waals surface area contributed by atoms with Crippen LogP contribution in [0.25, 0.3) is 11.0 Å². The second kappa shape index (κ2) is 2.47. The van der Waals surface area contributed by atoms with Gasteiger partial charge in [0.05, 0.1) is 11.0 Å². The second-order valence-corrected chi connectivity index (χ2v) is 2.49. The zero-order chi connectivity index (χ0) is 7.68. The standard InChI is InChI=1S/C8H4ClN2/c9-8-4-3-6-7(11-8)2-1-5-10-6/h2-5H. The average molecular weight is 164 g/mol. The summed E-state index contributed by atoms with van der Waals surface area (Å²) >= 11 is 5.67. The van der Waals surface area contributed by atoms with Crippen molar-refractivity contribution in [2.24, 2.45) is 0 Å². The lowest BCUT2D eigenvalue weighted by atomic mass is 10.3. The van der Waals surface area contributed by atoms with Crippen LogP contribution < -0.4 is 0 Å². The molecule has 0 atom stereocenters. The Kier molecular flexibility index (Phi) is 1.47. The zero-order valence-corrected chi connectivity index (χ0v) is 6.34. The summed E-state index contributed by atoms with van der Waals surface area (Å²) in [5, 5.41) is 0.485. The van der Waals surface area contributed by atoms with Gasteiger partial charge in [-0.3, -0.25) is 4.98 Å². The first-order valence-electron chi connectivity index (χ1n) is 3.14. The molecule has 0 unspecified atom stereocenters. The SMILES string of the molecule is Clc1ccc2nc[c]cc2n1. The van der Waals surface area contributed by atoms with Gasteiger partial charge in [0.15, 0.2) is 0 Å². The molecular weight excluding hydrogens is 160 g/mol. The predicted octanol–water partition coefficient (Wildman–Crippen LogP) is 2.08. The highest BCUT2D eigenvalue weighted by atomic mass is 35.5. The highest BCUT2D eigenvalue weighted by Gasteiger charge is 1.93. The predicted molar refractivity (Wildman–Crippen MR) is 43.4 cm³/mol. The summed E-state index contributed by atoms with van der Waals surface area (Å²) in [5.41, 5.74) is 1.62. The van der Waals surface area contributed by atoms with Crippen molar-refractivity contribution in [3.63, 3.8) is 0 Å². The summed E-state index contributed by atoms with van der Waals surface area (Å²) in [4.78, 5) is 8.09. The third-order valence-electron chi connectivity index (χ3n) is 1.37. The van der Waals surface area contributed by atoms with Crippen LogP contribution in [-0.4, -0.2) is 9.97 Å². The fraction of sp³-hybridized carbons (Fsp3) is 0. The van der Waals surface area contributed by atoms with E-state index in [1.807, 2.05) is 6.07 Å². The molecule has 0 aromatic carbocycles. The largest absolute Gasteiger partial charge is 0.254 e. The molecule has 0 aliphatic rings. The monoisotopic (exact) mass is 163 g/mol. The van der Waals surface area contributed by atoms with Crippen LogP contribution in [0.3, 0.4) is 0 Å². The van der Waals surface area contributed by atoms with Crippen LogP contribution in [0.1, 0.15) is 0 Å². The van der Waals surface area contributed by atoms with E-state index in [1.54, 1.807) is 18.3 Å². The van der Waals surface area contributed by atoms with E-state index in [-0.39, 0.29) is 0 Å². The molecule has 0 saturated heterocycles. The highest BCUT2D eigenvalue weighted by Crippen LogP contribution is 2.11. The molecule has 0 aliphatic carbocycles. The zero-order valence-electron chi connectivity index (χ0n) is 5.58. The number of rotatable bonds is 0. The first-order valence-corrected chi connectivity index (χ1v) is 3.52. The van der Waals surface area contributed by atoms with E-state index in [4.69, 9.17) is 11.6 Å². The Morgan fingerprint density at radius 3 is 3.09 bits per heavy atom. The molecule has 0 N–H and O–H groups in total. The van der Waals surface area contributed by atoms with Gasteiger partial charge in [-0.2, -0.15) is 0 Å². The molecule has 53 valence electrons. The van der Waals surface area contributed by atoms with Gasteiger partial charge in [0.25, 0.3) is 0 Å². The van der Waals surface area contributed by atoms with Gasteiger partial charge in [0.2, 0.25) is 0 Å². The molecule has 2 nitrogen and oxygen atoms in total. The van der Waals surface area contributed by atoms with E-state index < -0.39 is 0 Å². The number of hydrogen-bond donors (Lipinski definition) is 0. The minimum Gasteiger partial charge on any atom is -0.254 e. The maximum absolute atomic E-state index is 5.67. The van der Waals surface area contributed by atoms with Gasteiger partial charge in [0, 0.05) is 12.3 Å². The summed E-state index contributed by atoms with van der Waals surface area (Å²) < 4.78 is 0. The molecule has 11 heavy (non-hydrogen) atoms. The van der Waals surface area contributed by atoms with Crippen molar-refractivity contribution in [1.82, 2.24) is 9.97 Å². The van der Waals surface area contributed by atoms with Crippen molar-refractivity contribution in [2.75, 3.05) is 0 Å². The number of pyridine rings is 2. The lowest BCUT2D eigenvalue weighted by Crippen LogP contribution is -1.81. The van der Waals surface area contributed by atoms with E-state index in [0.717, 1.165) is 11.0 Å². The molecular formula is C8H4ClN2. The Bertz CT molecular complexity index is 387. The molecule has 0 saturated carbocycles. The maximum Gasteiger partial charge on any atom is 0.129 e. The number of nitrogens with zero attached hydrogens (tertiary/aromatic N) is 2. The van der Waals surface area contributed by atoms with Crippen LogP contribution >= 0.6 is 11.6 Å². The molecule has 2 heterocycles. The van der Waals surface area contributed by atoms with E-state index in [0.29, 0.717) is 5.15 Å². The van der Waals surface area contributed by atoms with Gasteiger partial charge in [-0.1, -0.05) is 11.6 Å². The smallest absolute Gasteiger partial charge is 0.129 e. The molecule has 0 aliphatic heterocycles. The van der Waals surface area contributed by atoms with Crippen molar-refractivity contribution in [1.29, 1.82) is 0 Å². The van der Waals surface area contributed by atoms with Gasteiger partial charge < -0.3 is 0 Å². The van der Waals surface area contributed by atoms with Gasteiger partial charge in [0.1, 0.15) is 5.15 Å². The molecule has 2 aromatic heterocycles. The molecule has 0 fully saturated rings. The van der Waals surface area contributed by atoms with Crippen LogP contribution in [0.5, 0.6) is 0 Å². The van der Waals surface area contributed by atoms with Crippen molar-refractivity contribution >= 4 is 22.6 Å². The fourth-order valence-electron chi connectivity index (χ4n) is 0.881. The Hall–Kier alpha value is -1.15. The van der Waals surface area contributed by atoms with E-state index in [9.17, 15) is 0 Å². The third kappa shape index (κ3) is 1.17. The summed E-state index contributed by atoms with van der Waals surface area (Å²) in [5.74, 6) is 0. The molecule has 0 amide bonds. The Labute approximate surface area is 68.9 Å². The van der Waals surface area contributed by atoms with Crippen LogP contribution in [0, 0.1) is 6.07 Å². The second-order valence-electron chi connectivity index (χ2n) is 2.11. The first-order chi connectivity index (χ1) is 5.36. The van der Waals surface area contributed by atoms with Gasteiger partial charge >= 0.3 is 0 Å². The van der Waals surface area contributed by atoms with Crippen molar-refractivity contribution in [3.05, 3.63) is 35.6 Å². The maximum atomic E-state index is 5.67. The molecule has 0 spiro atoms. The van der Waals surface area contributed by atoms with Gasteiger partial charge in [-0.25, -0.2) is 4.98 Å². The Morgan fingerprint density at radius 1 is 1.27 bits per heavy atom. The van der Waals surface area contributed by atoms with Crippen LogP contribution in [0.2, 0.25) is 5.15 Å². The third-order valence-corrected chi connectivity index (χ3v) is 1.58.